The van der Waals surface area contributed by atoms with Crippen LogP contribution in [0.15, 0.2) is 40.9 Å². The molecule has 0 heterocycles. The maximum Gasteiger partial charge on any atom is 0.166 e. The highest BCUT2D eigenvalue weighted by molar-refractivity contribution is 9.10. The summed E-state index contributed by atoms with van der Waals surface area (Å²) >= 11 is 3.06. The third-order valence-electron chi connectivity index (χ3n) is 2.44. The first-order valence-electron chi connectivity index (χ1n) is 5.36. The van der Waals surface area contributed by atoms with Crippen molar-refractivity contribution in [1.29, 1.82) is 5.26 Å². The van der Waals surface area contributed by atoms with Gasteiger partial charge in [-0.05, 0) is 51.8 Å². The monoisotopic (exact) mass is 323 g/mol. The lowest BCUT2D eigenvalue weighted by atomic mass is 10.2. The molecular formula is C14H8BrF2NO. The first kappa shape index (κ1) is 13.5. The molecule has 2 aromatic carbocycles. The number of halogens is 3. The molecule has 0 aliphatic heterocycles. The molecule has 2 nitrogen and oxygen atoms in total. The average molecular weight is 324 g/mol. The van der Waals surface area contributed by atoms with E-state index in [-0.39, 0.29) is 23.7 Å². The maximum absolute atomic E-state index is 13.5. The van der Waals surface area contributed by atoms with Crippen molar-refractivity contribution in [2.24, 2.45) is 0 Å². The van der Waals surface area contributed by atoms with E-state index in [0.717, 1.165) is 6.07 Å². The molecule has 2 aromatic rings. The molecule has 2 rings (SSSR count). The van der Waals surface area contributed by atoms with Crippen LogP contribution in [0.25, 0.3) is 0 Å². The number of nitriles is 1. The zero-order chi connectivity index (χ0) is 13.8. The van der Waals surface area contributed by atoms with Gasteiger partial charge >= 0.3 is 0 Å². The minimum absolute atomic E-state index is 0.0550. The molecule has 0 fully saturated rings. The quantitative estimate of drug-likeness (QED) is 0.849. The summed E-state index contributed by atoms with van der Waals surface area (Å²) in [5.74, 6) is -0.909. The van der Waals surface area contributed by atoms with E-state index in [2.05, 4.69) is 15.9 Å². The van der Waals surface area contributed by atoms with Gasteiger partial charge in [-0.15, -0.1) is 0 Å². The number of nitrogens with zero attached hydrogens (tertiary/aromatic N) is 1. The van der Waals surface area contributed by atoms with Gasteiger partial charge in [0.1, 0.15) is 12.4 Å². The van der Waals surface area contributed by atoms with Gasteiger partial charge in [-0.3, -0.25) is 0 Å². The lowest BCUT2D eigenvalue weighted by molar-refractivity contribution is 0.290. The number of hydrogen-bond acceptors (Lipinski definition) is 2. The van der Waals surface area contributed by atoms with Gasteiger partial charge in [-0.2, -0.15) is 5.26 Å². The molecule has 0 aromatic heterocycles. The zero-order valence-electron chi connectivity index (χ0n) is 9.66. The highest BCUT2D eigenvalue weighted by Gasteiger charge is 2.06. The molecule has 0 unspecified atom stereocenters. The number of rotatable bonds is 3. The smallest absolute Gasteiger partial charge is 0.166 e. The number of ether oxygens (including phenoxy) is 1. The third-order valence-corrected chi connectivity index (χ3v) is 3.05. The van der Waals surface area contributed by atoms with Gasteiger partial charge in [0, 0.05) is 0 Å². The number of hydrogen-bond donors (Lipinski definition) is 0. The van der Waals surface area contributed by atoms with Gasteiger partial charge in [0.05, 0.1) is 16.1 Å². The van der Waals surface area contributed by atoms with Gasteiger partial charge in [0.15, 0.2) is 11.6 Å². The summed E-state index contributed by atoms with van der Waals surface area (Å²) in [4.78, 5) is 0. The fraction of sp³-hybridized carbons (Fsp3) is 0.0714. The predicted molar refractivity (Wildman–Crippen MR) is 69.5 cm³/mol. The van der Waals surface area contributed by atoms with Crippen molar-refractivity contribution in [1.82, 2.24) is 0 Å². The van der Waals surface area contributed by atoms with Gasteiger partial charge in [0.2, 0.25) is 0 Å². The zero-order valence-corrected chi connectivity index (χ0v) is 11.2. The average Bonchev–Trinajstić information content (AvgIpc) is 2.41. The highest BCUT2D eigenvalue weighted by atomic mass is 79.9. The fourth-order valence-electron chi connectivity index (χ4n) is 1.48. The molecule has 19 heavy (non-hydrogen) atoms. The normalized spacial score (nSPS) is 10.0. The molecule has 96 valence electrons. The van der Waals surface area contributed by atoms with E-state index in [4.69, 9.17) is 10.00 Å². The Morgan fingerprint density at radius 3 is 2.53 bits per heavy atom. The standard InChI is InChI=1S/C14H8BrF2NO/c15-11-5-10(1-3-12(11)16)8-19-14-4-2-9(7-18)6-13(14)17/h1-6H,8H2. The van der Waals surface area contributed by atoms with E-state index in [1.165, 1.54) is 18.2 Å². The Labute approximate surface area is 117 Å². The van der Waals surface area contributed by atoms with Crippen LogP contribution in [-0.4, -0.2) is 0 Å². The van der Waals surface area contributed by atoms with Gasteiger partial charge in [-0.1, -0.05) is 6.07 Å². The van der Waals surface area contributed by atoms with Crippen molar-refractivity contribution in [3.8, 4) is 11.8 Å². The second kappa shape index (κ2) is 5.81. The lowest BCUT2D eigenvalue weighted by Gasteiger charge is -2.08. The summed E-state index contributed by atoms with van der Waals surface area (Å²) in [6.07, 6.45) is 0. The summed E-state index contributed by atoms with van der Waals surface area (Å²) in [6.45, 7) is 0.113. The number of benzene rings is 2. The minimum Gasteiger partial charge on any atom is -0.486 e. The van der Waals surface area contributed by atoms with E-state index < -0.39 is 5.82 Å². The summed E-state index contributed by atoms with van der Waals surface area (Å²) in [6, 6.07) is 10.2. The van der Waals surface area contributed by atoms with E-state index >= 15 is 0 Å². The molecule has 0 saturated heterocycles. The highest BCUT2D eigenvalue weighted by Crippen LogP contribution is 2.21. The molecule has 0 saturated carbocycles. The van der Waals surface area contributed by atoms with Gasteiger partial charge in [-0.25, -0.2) is 8.78 Å². The molecule has 0 aliphatic rings. The Hall–Kier alpha value is -1.93. The third kappa shape index (κ3) is 3.30. The van der Waals surface area contributed by atoms with Crippen molar-refractivity contribution in [3.63, 3.8) is 0 Å². The Balaban J connectivity index is 2.10. The van der Waals surface area contributed by atoms with Crippen molar-refractivity contribution in [2.75, 3.05) is 0 Å². The van der Waals surface area contributed by atoms with Gasteiger partial charge in [0.25, 0.3) is 0 Å². The van der Waals surface area contributed by atoms with Crippen molar-refractivity contribution < 1.29 is 13.5 Å². The molecule has 0 spiro atoms. The van der Waals surface area contributed by atoms with Crippen molar-refractivity contribution in [2.45, 2.75) is 6.61 Å². The summed E-state index contributed by atoms with van der Waals surface area (Å²) in [5.41, 5.74) is 0.936. The Kier molecular flexibility index (Phi) is 4.13. The molecule has 0 atom stereocenters. The summed E-state index contributed by atoms with van der Waals surface area (Å²) in [7, 11) is 0. The second-order valence-corrected chi connectivity index (χ2v) is 4.65. The van der Waals surface area contributed by atoms with Crippen LogP contribution >= 0.6 is 15.9 Å². The molecule has 0 bridgehead atoms. The van der Waals surface area contributed by atoms with Crippen molar-refractivity contribution >= 4 is 15.9 Å². The van der Waals surface area contributed by atoms with Crippen LogP contribution in [0.2, 0.25) is 0 Å². The van der Waals surface area contributed by atoms with Crippen molar-refractivity contribution in [3.05, 3.63) is 63.6 Å². The Morgan fingerprint density at radius 1 is 1.11 bits per heavy atom. The first-order chi connectivity index (χ1) is 9.10. The van der Waals surface area contributed by atoms with Crippen LogP contribution < -0.4 is 4.74 Å². The van der Waals surface area contributed by atoms with Crippen LogP contribution in [0, 0.1) is 23.0 Å². The SMILES string of the molecule is N#Cc1ccc(OCc2ccc(F)c(Br)c2)c(F)c1. The predicted octanol–water partition coefficient (Wildman–Crippen LogP) is 4.18. The molecular weight excluding hydrogens is 316 g/mol. The Morgan fingerprint density at radius 2 is 1.89 bits per heavy atom. The van der Waals surface area contributed by atoms with E-state index in [1.807, 2.05) is 6.07 Å². The molecule has 0 N–H and O–H groups in total. The van der Waals surface area contributed by atoms with E-state index in [9.17, 15) is 8.78 Å². The van der Waals surface area contributed by atoms with Crippen LogP contribution in [0.3, 0.4) is 0 Å². The van der Waals surface area contributed by atoms with Crippen LogP contribution in [0.1, 0.15) is 11.1 Å². The molecule has 0 amide bonds. The van der Waals surface area contributed by atoms with Crippen LogP contribution in [0.4, 0.5) is 8.78 Å². The summed E-state index contributed by atoms with van der Waals surface area (Å²) in [5, 5.41) is 8.62. The Bertz CT molecular complexity index is 652. The molecule has 5 heteroatoms. The minimum atomic E-state index is -0.597. The van der Waals surface area contributed by atoms with E-state index in [0.29, 0.717) is 10.0 Å². The van der Waals surface area contributed by atoms with Crippen LogP contribution in [-0.2, 0) is 6.61 Å². The fourth-order valence-corrected chi connectivity index (χ4v) is 1.90. The maximum atomic E-state index is 13.5. The second-order valence-electron chi connectivity index (χ2n) is 3.79. The van der Waals surface area contributed by atoms with Crippen LogP contribution in [0.5, 0.6) is 5.75 Å². The lowest BCUT2D eigenvalue weighted by Crippen LogP contribution is -1.98. The summed E-state index contributed by atoms with van der Waals surface area (Å²) < 4.78 is 32.2. The van der Waals surface area contributed by atoms with E-state index in [1.54, 1.807) is 12.1 Å². The largest absolute Gasteiger partial charge is 0.486 e. The first-order valence-corrected chi connectivity index (χ1v) is 6.16. The van der Waals surface area contributed by atoms with Gasteiger partial charge < -0.3 is 4.74 Å². The topological polar surface area (TPSA) is 33.0 Å². The molecule has 0 aliphatic carbocycles. The molecule has 0 radical (unpaired) electrons.